The van der Waals surface area contributed by atoms with Gasteiger partial charge in [0.2, 0.25) is 5.95 Å². The summed E-state index contributed by atoms with van der Waals surface area (Å²) in [6.07, 6.45) is 1.70. The SMILES string of the molecule is Oc1ccccc1-c1cc(-c2ccccc2)nc(N/N=C\c2ccc(Br)cc2)n1. The number of rotatable bonds is 5. The molecule has 4 aromatic rings. The van der Waals surface area contributed by atoms with Crippen molar-refractivity contribution in [1.82, 2.24) is 9.97 Å². The number of hydrazone groups is 1. The van der Waals surface area contributed by atoms with E-state index in [4.69, 9.17) is 0 Å². The van der Waals surface area contributed by atoms with Crippen molar-refractivity contribution >= 4 is 28.1 Å². The first-order valence-corrected chi connectivity index (χ1v) is 9.76. The van der Waals surface area contributed by atoms with Crippen LogP contribution in [0.2, 0.25) is 0 Å². The molecule has 0 radical (unpaired) electrons. The molecule has 5 nitrogen and oxygen atoms in total. The van der Waals surface area contributed by atoms with E-state index >= 15 is 0 Å². The quantitative estimate of drug-likeness (QED) is 0.304. The Morgan fingerprint density at radius 1 is 0.828 bits per heavy atom. The number of phenolic OH excluding ortho intramolecular Hbond substituents is 1. The zero-order valence-electron chi connectivity index (χ0n) is 15.3. The lowest BCUT2D eigenvalue weighted by molar-refractivity contribution is 0.477. The van der Waals surface area contributed by atoms with Crippen molar-refractivity contribution in [2.45, 2.75) is 0 Å². The van der Waals surface area contributed by atoms with Crippen LogP contribution in [0.4, 0.5) is 5.95 Å². The van der Waals surface area contributed by atoms with Crippen molar-refractivity contribution in [2.24, 2.45) is 5.10 Å². The third-order valence-electron chi connectivity index (χ3n) is 4.22. The van der Waals surface area contributed by atoms with E-state index in [1.54, 1.807) is 18.3 Å². The van der Waals surface area contributed by atoms with Crippen LogP contribution in [-0.2, 0) is 0 Å². The normalized spacial score (nSPS) is 10.9. The number of nitrogens with zero attached hydrogens (tertiary/aromatic N) is 3. The van der Waals surface area contributed by atoms with Gasteiger partial charge in [0.25, 0.3) is 0 Å². The minimum Gasteiger partial charge on any atom is -0.507 e. The average molecular weight is 445 g/mol. The fourth-order valence-electron chi connectivity index (χ4n) is 2.80. The lowest BCUT2D eigenvalue weighted by Crippen LogP contribution is -2.00. The van der Waals surface area contributed by atoms with Crippen LogP contribution in [0.15, 0.2) is 94.5 Å². The molecule has 0 fully saturated rings. The molecule has 0 amide bonds. The second-order valence-electron chi connectivity index (χ2n) is 6.27. The van der Waals surface area contributed by atoms with Crippen molar-refractivity contribution in [1.29, 1.82) is 0 Å². The Hall–Kier alpha value is -3.51. The van der Waals surface area contributed by atoms with E-state index in [1.807, 2.05) is 72.8 Å². The number of aromatic nitrogens is 2. The van der Waals surface area contributed by atoms with E-state index in [-0.39, 0.29) is 5.75 Å². The molecule has 4 rings (SSSR count). The molecule has 0 aliphatic rings. The van der Waals surface area contributed by atoms with Gasteiger partial charge >= 0.3 is 0 Å². The summed E-state index contributed by atoms with van der Waals surface area (Å²) >= 11 is 3.42. The number of hydrogen-bond donors (Lipinski definition) is 2. The van der Waals surface area contributed by atoms with Crippen molar-refractivity contribution in [3.05, 3.63) is 95.0 Å². The van der Waals surface area contributed by atoms with Gasteiger partial charge in [0.05, 0.1) is 17.6 Å². The summed E-state index contributed by atoms with van der Waals surface area (Å²) in [6, 6.07) is 26.6. The maximum Gasteiger partial charge on any atom is 0.244 e. The number of aromatic hydroxyl groups is 1. The summed E-state index contributed by atoms with van der Waals surface area (Å²) in [5, 5.41) is 14.5. The molecule has 0 unspecified atom stereocenters. The van der Waals surface area contributed by atoms with Gasteiger partial charge in [-0.25, -0.2) is 15.4 Å². The predicted octanol–water partition coefficient (Wildman–Crippen LogP) is 5.72. The zero-order chi connectivity index (χ0) is 20.1. The van der Waals surface area contributed by atoms with E-state index in [9.17, 15) is 5.11 Å². The summed E-state index contributed by atoms with van der Waals surface area (Å²) in [6.45, 7) is 0. The lowest BCUT2D eigenvalue weighted by Gasteiger charge is -2.09. The molecule has 2 N–H and O–H groups in total. The first kappa shape index (κ1) is 18.8. The summed E-state index contributed by atoms with van der Waals surface area (Å²) in [5.41, 5.74) is 6.77. The number of nitrogens with one attached hydrogen (secondary N) is 1. The van der Waals surface area contributed by atoms with Gasteiger partial charge in [0.15, 0.2) is 0 Å². The highest BCUT2D eigenvalue weighted by Crippen LogP contribution is 2.30. The molecule has 0 saturated carbocycles. The fourth-order valence-corrected chi connectivity index (χ4v) is 3.06. The predicted molar refractivity (Wildman–Crippen MR) is 120 cm³/mol. The third kappa shape index (κ3) is 4.67. The second-order valence-corrected chi connectivity index (χ2v) is 7.18. The van der Waals surface area contributed by atoms with E-state index in [2.05, 4.69) is 36.4 Å². The summed E-state index contributed by atoms with van der Waals surface area (Å²) in [5.74, 6) is 0.507. The monoisotopic (exact) mass is 444 g/mol. The Kier molecular flexibility index (Phi) is 5.63. The Balaban J connectivity index is 1.70. The maximum atomic E-state index is 10.2. The molecular formula is C23H17BrN4O. The van der Waals surface area contributed by atoms with Crippen molar-refractivity contribution in [3.8, 4) is 28.3 Å². The standard InChI is InChI=1S/C23H17BrN4O/c24-18-12-10-16(11-13-18)15-25-28-23-26-20(17-6-2-1-3-7-17)14-21(27-23)19-8-4-5-9-22(19)29/h1-15,29H,(H,26,27,28)/b25-15-. The number of anilines is 1. The van der Waals surface area contributed by atoms with E-state index in [0.717, 1.165) is 21.3 Å². The highest BCUT2D eigenvalue weighted by Gasteiger charge is 2.11. The minimum absolute atomic E-state index is 0.162. The number of hydrogen-bond acceptors (Lipinski definition) is 5. The van der Waals surface area contributed by atoms with Crippen LogP contribution in [0.3, 0.4) is 0 Å². The molecule has 6 heteroatoms. The molecule has 0 saturated heterocycles. The van der Waals surface area contributed by atoms with Crippen LogP contribution in [0.1, 0.15) is 5.56 Å². The van der Waals surface area contributed by atoms with E-state index in [0.29, 0.717) is 17.2 Å². The minimum atomic E-state index is 0.162. The van der Waals surface area contributed by atoms with Crippen LogP contribution in [-0.4, -0.2) is 21.3 Å². The zero-order valence-corrected chi connectivity index (χ0v) is 16.9. The first-order valence-electron chi connectivity index (χ1n) is 8.96. The molecule has 1 heterocycles. The number of benzene rings is 3. The smallest absolute Gasteiger partial charge is 0.244 e. The van der Waals surface area contributed by atoms with Crippen LogP contribution in [0.25, 0.3) is 22.5 Å². The molecule has 0 bridgehead atoms. The molecule has 0 atom stereocenters. The van der Waals surface area contributed by atoms with Crippen molar-refractivity contribution < 1.29 is 5.11 Å². The Morgan fingerprint density at radius 3 is 2.28 bits per heavy atom. The van der Waals surface area contributed by atoms with E-state index in [1.165, 1.54) is 0 Å². The molecular weight excluding hydrogens is 428 g/mol. The Bertz CT molecular complexity index is 1150. The van der Waals surface area contributed by atoms with Crippen LogP contribution in [0.5, 0.6) is 5.75 Å². The molecule has 3 aromatic carbocycles. The van der Waals surface area contributed by atoms with Gasteiger partial charge in [-0.05, 0) is 35.9 Å². The van der Waals surface area contributed by atoms with Crippen molar-refractivity contribution in [2.75, 3.05) is 5.43 Å². The van der Waals surface area contributed by atoms with Crippen molar-refractivity contribution in [3.63, 3.8) is 0 Å². The highest BCUT2D eigenvalue weighted by molar-refractivity contribution is 9.10. The number of halogens is 1. The molecule has 29 heavy (non-hydrogen) atoms. The molecule has 0 aliphatic carbocycles. The first-order chi connectivity index (χ1) is 14.2. The largest absolute Gasteiger partial charge is 0.507 e. The average Bonchev–Trinajstić information content (AvgIpc) is 2.76. The maximum absolute atomic E-state index is 10.2. The van der Waals surface area contributed by atoms with Crippen LogP contribution < -0.4 is 5.43 Å². The van der Waals surface area contributed by atoms with Gasteiger partial charge in [0.1, 0.15) is 5.75 Å². The summed E-state index contributed by atoms with van der Waals surface area (Å²) in [7, 11) is 0. The Morgan fingerprint density at radius 2 is 1.52 bits per heavy atom. The summed E-state index contributed by atoms with van der Waals surface area (Å²) in [4.78, 5) is 9.11. The summed E-state index contributed by atoms with van der Waals surface area (Å²) < 4.78 is 1.01. The lowest BCUT2D eigenvalue weighted by atomic mass is 10.1. The van der Waals surface area contributed by atoms with Crippen LogP contribution >= 0.6 is 15.9 Å². The highest BCUT2D eigenvalue weighted by atomic mass is 79.9. The third-order valence-corrected chi connectivity index (χ3v) is 4.75. The van der Waals surface area contributed by atoms with Crippen LogP contribution in [0, 0.1) is 0 Å². The van der Waals surface area contributed by atoms with Gasteiger partial charge < -0.3 is 5.11 Å². The Labute approximate surface area is 176 Å². The molecule has 142 valence electrons. The second kappa shape index (κ2) is 8.67. The van der Waals surface area contributed by atoms with Gasteiger partial charge in [-0.3, -0.25) is 0 Å². The molecule has 1 aromatic heterocycles. The van der Waals surface area contributed by atoms with Gasteiger partial charge in [-0.2, -0.15) is 5.10 Å². The van der Waals surface area contributed by atoms with E-state index < -0.39 is 0 Å². The fraction of sp³-hybridized carbons (Fsp3) is 0. The molecule has 0 spiro atoms. The van der Waals surface area contributed by atoms with Gasteiger partial charge in [-0.15, -0.1) is 0 Å². The number of phenols is 1. The number of para-hydroxylation sites is 1. The molecule has 0 aliphatic heterocycles. The van der Waals surface area contributed by atoms with Gasteiger partial charge in [-0.1, -0.05) is 70.5 Å². The van der Waals surface area contributed by atoms with Gasteiger partial charge in [0, 0.05) is 15.6 Å². The topological polar surface area (TPSA) is 70.4 Å².